The molecule has 176 valence electrons. The van der Waals surface area contributed by atoms with Crippen LogP contribution in [-0.4, -0.2) is 58.8 Å². The van der Waals surface area contributed by atoms with Crippen LogP contribution in [0.15, 0.2) is 47.3 Å². The molecule has 2 aliphatic rings. The number of hydrogen-bond donors (Lipinski definition) is 4. The number of rotatable bonds is 4. The number of nitrogens with zero attached hydrogens (tertiary/aromatic N) is 4. The fraction of sp³-hybridized carbons (Fsp3) is 0.348. The maximum Gasteiger partial charge on any atom is 0.164 e. The summed E-state index contributed by atoms with van der Waals surface area (Å²) >= 11 is 3.38. The van der Waals surface area contributed by atoms with Crippen molar-refractivity contribution in [2.75, 3.05) is 5.73 Å². The number of fused-ring (bicyclic) bond motifs is 3. The number of halogens is 1. The number of pyridine rings is 1. The number of aromatic nitrogens is 4. The number of benzene rings is 1. The molecule has 0 amide bonds. The highest BCUT2D eigenvalue weighted by Gasteiger charge is 2.62. The van der Waals surface area contributed by atoms with Crippen LogP contribution in [0.2, 0.25) is 0 Å². The smallest absolute Gasteiger partial charge is 0.164 e. The summed E-state index contributed by atoms with van der Waals surface area (Å²) in [5.41, 5.74) is 6.13. The molecule has 5 N–H and O–H groups in total. The Labute approximate surface area is 202 Å². The van der Waals surface area contributed by atoms with E-state index in [1.54, 1.807) is 22.9 Å². The third-order valence-corrected chi connectivity index (χ3v) is 7.44. The van der Waals surface area contributed by atoms with Crippen molar-refractivity contribution >= 4 is 43.7 Å². The molecular weight excluding hydrogens is 506 g/mol. The number of hydrogen-bond acceptors (Lipinski definition) is 9. The van der Waals surface area contributed by atoms with E-state index in [4.69, 9.17) is 15.2 Å². The van der Waals surface area contributed by atoms with Crippen LogP contribution in [0, 0.1) is 0 Å². The first-order valence-electron chi connectivity index (χ1n) is 10.9. The van der Waals surface area contributed by atoms with Crippen molar-refractivity contribution in [3.8, 4) is 5.75 Å². The molecule has 1 aliphatic heterocycles. The first-order valence-corrected chi connectivity index (χ1v) is 11.7. The van der Waals surface area contributed by atoms with Crippen LogP contribution in [0.1, 0.15) is 24.8 Å². The molecule has 1 aromatic carbocycles. The molecule has 6 rings (SSSR count). The molecule has 0 radical (unpaired) electrons. The van der Waals surface area contributed by atoms with Crippen molar-refractivity contribution in [2.24, 2.45) is 0 Å². The minimum atomic E-state index is -1.47. The van der Waals surface area contributed by atoms with Gasteiger partial charge in [-0.25, -0.2) is 15.0 Å². The van der Waals surface area contributed by atoms with E-state index in [2.05, 4.69) is 30.9 Å². The van der Waals surface area contributed by atoms with E-state index in [-0.39, 0.29) is 6.61 Å². The molecule has 1 saturated carbocycles. The minimum absolute atomic E-state index is 0.233. The van der Waals surface area contributed by atoms with Gasteiger partial charge in [-0.2, -0.15) is 0 Å². The van der Waals surface area contributed by atoms with Crippen molar-refractivity contribution in [2.45, 2.75) is 49.6 Å². The second-order valence-electron chi connectivity index (χ2n) is 8.73. The lowest BCUT2D eigenvalue weighted by molar-refractivity contribution is -0.0791. The molecule has 11 heteroatoms. The molecule has 10 nitrogen and oxygen atoms in total. The highest BCUT2D eigenvalue weighted by atomic mass is 79.9. The van der Waals surface area contributed by atoms with Gasteiger partial charge in [0.25, 0.3) is 0 Å². The second kappa shape index (κ2) is 7.85. The van der Waals surface area contributed by atoms with Gasteiger partial charge in [-0.05, 0) is 53.0 Å². The summed E-state index contributed by atoms with van der Waals surface area (Å²) < 4.78 is 14.8. The molecule has 5 atom stereocenters. The molecule has 0 unspecified atom stereocenters. The fourth-order valence-corrected chi connectivity index (χ4v) is 5.39. The third-order valence-electron chi connectivity index (χ3n) is 6.80. The number of ether oxygens (including phenoxy) is 2. The van der Waals surface area contributed by atoms with Gasteiger partial charge in [0.2, 0.25) is 0 Å². The summed E-state index contributed by atoms with van der Waals surface area (Å²) in [7, 11) is 0. The number of nitrogen functional groups attached to an aromatic ring is 1. The summed E-state index contributed by atoms with van der Waals surface area (Å²) in [6.07, 6.45) is 0.628. The van der Waals surface area contributed by atoms with Gasteiger partial charge in [-0.15, -0.1) is 0 Å². The molecular formula is C23H22BrN5O5. The SMILES string of the molecule is Nc1nc2cc(O[C@H]3CC[C@@]4(O)[C@@H]3O[C@@H](n3ccc5c(CO)ncnc53)[C@@H]4O)ccc2cc1Br. The molecule has 4 heterocycles. The van der Waals surface area contributed by atoms with Crippen LogP contribution < -0.4 is 10.5 Å². The molecule has 1 aliphatic carbocycles. The Kier molecular flexibility index (Phi) is 5.01. The first kappa shape index (κ1) is 21.7. The summed E-state index contributed by atoms with van der Waals surface area (Å²) in [6.45, 7) is -0.233. The van der Waals surface area contributed by atoms with Crippen LogP contribution in [0.5, 0.6) is 5.75 Å². The number of nitrogens with two attached hydrogens (primary N) is 1. The van der Waals surface area contributed by atoms with Gasteiger partial charge in [-0.1, -0.05) is 0 Å². The quantitative estimate of drug-likeness (QED) is 0.312. The molecule has 34 heavy (non-hydrogen) atoms. The summed E-state index contributed by atoms with van der Waals surface area (Å²) in [6, 6.07) is 9.17. The van der Waals surface area contributed by atoms with Gasteiger partial charge in [0, 0.05) is 23.0 Å². The number of anilines is 1. The third kappa shape index (κ3) is 3.19. The Balaban J connectivity index is 1.29. The zero-order valence-electron chi connectivity index (χ0n) is 17.9. The van der Waals surface area contributed by atoms with Crippen LogP contribution in [0.4, 0.5) is 5.82 Å². The van der Waals surface area contributed by atoms with E-state index in [0.29, 0.717) is 46.7 Å². The van der Waals surface area contributed by atoms with E-state index in [1.807, 2.05) is 18.2 Å². The normalized spacial score (nSPS) is 28.6. The van der Waals surface area contributed by atoms with Crippen LogP contribution in [-0.2, 0) is 11.3 Å². The minimum Gasteiger partial charge on any atom is -0.488 e. The lowest BCUT2D eigenvalue weighted by atomic mass is 9.94. The predicted octanol–water partition coefficient (Wildman–Crippen LogP) is 2.05. The number of aliphatic hydroxyl groups is 3. The lowest BCUT2D eigenvalue weighted by Gasteiger charge is -2.26. The Morgan fingerprint density at radius 1 is 1.26 bits per heavy atom. The van der Waals surface area contributed by atoms with Gasteiger partial charge in [0.1, 0.15) is 47.5 Å². The molecule has 1 saturated heterocycles. The standard InChI is InChI=1S/C23H22BrN5O5/c24-14-7-11-1-2-12(8-15(11)28-20(14)25)33-17-3-5-23(32)18(31)22(34-19(17)23)29-6-4-13-16(9-30)26-10-27-21(13)29/h1-2,4,6-8,10,17-19,22,30-32H,3,5,9H2,(H2,25,28)/t17-,18-,19+,22+,23-/m0/s1. The van der Waals surface area contributed by atoms with Crippen molar-refractivity contribution < 1.29 is 24.8 Å². The Bertz CT molecular complexity index is 1410. The highest BCUT2D eigenvalue weighted by Crippen LogP contribution is 2.48. The maximum absolute atomic E-state index is 11.4. The zero-order valence-corrected chi connectivity index (χ0v) is 19.5. The monoisotopic (exact) mass is 527 g/mol. The molecule has 0 bridgehead atoms. The Hall–Kier alpha value is -2.83. The van der Waals surface area contributed by atoms with E-state index in [9.17, 15) is 15.3 Å². The van der Waals surface area contributed by atoms with Gasteiger partial charge in [0.15, 0.2) is 6.23 Å². The van der Waals surface area contributed by atoms with Gasteiger partial charge >= 0.3 is 0 Å². The molecule has 3 aromatic heterocycles. The largest absolute Gasteiger partial charge is 0.488 e. The molecule has 0 spiro atoms. The van der Waals surface area contributed by atoms with Crippen LogP contribution >= 0.6 is 15.9 Å². The Morgan fingerprint density at radius 3 is 2.94 bits per heavy atom. The van der Waals surface area contributed by atoms with Crippen molar-refractivity contribution in [1.29, 1.82) is 0 Å². The molecule has 2 fully saturated rings. The summed E-state index contributed by atoms with van der Waals surface area (Å²) in [5.74, 6) is 0.960. The van der Waals surface area contributed by atoms with E-state index in [1.165, 1.54) is 6.33 Å². The van der Waals surface area contributed by atoms with Crippen LogP contribution in [0.3, 0.4) is 0 Å². The van der Waals surface area contributed by atoms with Crippen LogP contribution in [0.25, 0.3) is 21.9 Å². The second-order valence-corrected chi connectivity index (χ2v) is 9.58. The lowest BCUT2D eigenvalue weighted by Crippen LogP contribution is -2.47. The zero-order chi connectivity index (χ0) is 23.6. The fourth-order valence-electron chi connectivity index (χ4n) is 5.06. The summed E-state index contributed by atoms with van der Waals surface area (Å²) in [4.78, 5) is 12.8. The average Bonchev–Trinajstić information content (AvgIpc) is 3.47. The maximum atomic E-state index is 11.4. The summed E-state index contributed by atoms with van der Waals surface area (Å²) in [5, 5.41) is 33.6. The van der Waals surface area contributed by atoms with Gasteiger partial charge in [0.05, 0.1) is 22.3 Å². The topological polar surface area (TPSA) is 149 Å². The highest BCUT2D eigenvalue weighted by molar-refractivity contribution is 9.10. The predicted molar refractivity (Wildman–Crippen MR) is 126 cm³/mol. The van der Waals surface area contributed by atoms with Crippen molar-refractivity contribution in [1.82, 2.24) is 19.5 Å². The van der Waals surface area contributed by atoms with E-state index < -0.39 is 30.1 Å². The first-order chi connectivity index (χ1) is 16.4. The Morgan fingerprint density at radius 2 is 2.12 bits per heavy atom. The van der Waals surface area contributed by atoms with Gasteiger partial charge in [-0.3, -0.25) is 0 Å². The van der Waals surface area contributed by atoms with Crippen molar-refractivity contribution in [3.05, 3.63) is 53.0 Å². The van der Waals surface area contributed by atoms with E-state index in [0.717, 1.165) is 9.86 Å². The average molecular weight is 528 g/mol. The number of aliphatic hydroxyl groups excluding tert-OH is 2. The molecule has 4 aromatic rings. The van der Waals surface area contributed by atoms with E-state index >= 15 is 0 Å². The van der Waals surface area contributed by atoms with Crippen molar-refractivity contribution in [3.63, 3.8) is 0 Å². The van der Waals surface area contributed by atoms with Gasteiger partial charge < -0.3 is 35.1 Å².